The number of rotatable bonds is 5. The molecule has 2 aliphatic rings. The fourth-order valence-corrected chi connectivity index (χ4v) is 5.15. The number of aromatic nitrogens is 5. The van der Waals surface area contributed by atoms with Crippen molar-refractivity contribution in [2.45, 2.75) is 71.4 Å². The smallest absolute Gasteiger partial charge is 0.323 e. The van der Waals surface area contributed by atoms with Gasteiger partial charge in [0.15, 0.2) is 11.6 Å². The van der Waals surface area contributed by atoms with Crippen LogP contribution in [0.2, 0.25) is 0 Å². The van der Waals surface area contributed by atoms with E-state index in [1.807, 2.05) is 11.6 Å². The van der Waals surface area contributed by atoms with E-state index in [-0.39, 0.29) is 6.04 Å². The Balaban J connectivity index is 1.41. The zero-order chi connectivity index (χ0) is 24.9. The molecular weight excluding hydrogens is 444 g/mol. The molecule has 0 saturated carbocycles. The zero-order valence-corrected chi connectivity index (χ0v) is 21.1. The van der Waals surface area contributed by atoms with Crippen molar-refractivity contribution in [2.75, 3.05) is 19.7 Å². The summed E-state index contributed by atoms with van der Waals surface area (Å²) in [5, 5.41) is 14.1. The molecule has 0 amide bonds. The maximum atomic E-state index is 11.6. The number of benzene rings is 1. The van der Waals surface area contributed by atoms with Gasteiger partial charge in [-0.25, -0.2) is 14.6 Å². The number of hydrogen-bond acceptors (Lipinski definition) is 6. The van der Waals surface area contributed by atoms with E-state index < -0.39 is 11.5 Å². The van der Waals surface area contributed by atoms with Gasteiger partial charge in [-0.3, -0.25) is 9.69 Å². The summed E-state index contributed by atoms with van der Waals surface area (Å²) in [7, 11) is 0. The number of aliphatic carboxylic acids is 1. The minimum Gasteiger partial charge on any atom is -0.492 e. The van der Waals surface area contributed by atoms with Gasteiger partial charge in [0.05, 0.1) is 12.3 Å². The van der Waals surface area contributed by atoms with Crippen molar-refractivity contribution < 1.29 is 14.6 Å². The molecule has 186 valence electrons. The summed E-state index contributed by atoms with van der Waals surface area (Å²) in [5.41, 5.74) is 3.35. The lowest BCUT2D eigenvalue weighted by molar-refractivity contribution is -0.150. The number of carboxylic acids is 1. The molecule has 9 nitrogen and oxygen atoms in total. The molecular formula is C26H34N6O3. The highest BCUT2D eigenvalue weighted by molar-refractivity contribution is 5.77. The summed E-state index contributed by atoms with van der Waals surface area (Å²) in [6.07, 6.45) is 2.60. The molecule has 1 aromatic carbocycles. The molecule has 0 unspecified atom stereocenters. The fourth-order valence-electron chi connectivity index (χ4n) is 5.15. The maximum absolute atomic E-state index is 11.6. The summed E-state index contributed by atoms with van der Waals surface area (Å²) < 4.78 is 8.07. The van der Waals surface area contributed by atoms with E-state index in [4.69, 9.17) is 9.72 Å². The van der Waals surface area contributed by atoms with Gasteiger partial charge in [-0.2, -0.15) is 5.10 Å². The van der Waals surface area contributed by atoms with E-state index in [9.17, 15) is 9.90 Å². The Morgan fingerprint density at radius 3 is 2.66 bits per heavy atom. The summed E-state index contributed by atoms with van der Waals surface area (Å²) in [6, 6.07) is 6.63. The molecule has 2 N–H and O–H groups in total. The van der Waals surface area contributed by atoms with E-state index in [1.54, 1.807) is 13.8 Å². The number of fused-ring (bicyclic) bond motifs is 3. The molecule has 0 atom stereocenters. The number of H-pyrrole nitrogens is 1. The van der Waals surface area contributed by atoms with Crippen molar-refractivity contribution >= 4 is 5.97 Å². The van der Waals surface area contributed by atoms with Crippen molar-refractivity contribution in [3.05, 3.63) is 35.3 Å². The molecule has 35 heavy (non-hydrogen) atoms. The number of hydrogen-bond donors (Lipinski definition) is 2. The van der Waals surface area contributed by atoms with Crippen LogP contribution in [0.4, 0.5) is 0 Å². The van der Waals surface area contributed by atoms with Gasteiger partial charge in [0, 0.05) is 23.7 Å². The largest absolute Gasteiger partial charge is 0.492 e. The Labute approximate surface area is 205 Å². The Morgan fingerprint density at radius 2 is 1.97 bits per heavy atom. The second-order valence-electron chi connectivity index (χ2n) is 10.4. The lowest BCUT2D eigenvalue weighted by Crippen LogP contribution is -2.52. The van der Waals surface area contributed by atoms with Crippen molar-refractivity contribution in [1.82, 2.24) is 29.6 Å². The van der Waals surface area contributed by atoms with E-state index >= 15 is 0 Å². The van der Waals surface area contributed by atoms with Crippen molar-refractivity contribution in [3.63, 3.8) is 0 Å². The number of ether oxygens (including phenoxy) is 1. The molecule has 9 heteroatoms. The van der Waals surface area contributed by atoms with E-state index in [1.165, 1.54) is 5.56 Å². The molecule has 1 saturated heterocycles. The topological polar surface area (TPSA) is 109 Å². The van der Waals surface area contributed by atoms with E-state index in [2.05, 4.69) is 52.0 Å². The first-order valence-corrected chi connectivity index (χ1v) is 12.4. The SMILES string of the molecule is Cc1nc(-c2nc3c([nH]2)CCOc2cc(C4CCN(C(C)(C)C(=O)O)CC4)ccc2-3)n(C(C)C)n1. The third-order valence-corrected chi connectivity index (χ3v) is 7.37. The maximum Gasteiger partial charge on any atom is 0.323 e. The Morgan fingerprint density at radius 1 is 1.23 bits per heavy atom. The molecule has 5 rings (SSSR count). The summed E-state index contributed by atoms with van der Waals surface area (Å²) in [6.45, 7) is 11.8. The van der Waals surface area contributed by atoms with Gasteiger partial charge in [0.2, 0.25) is 0 Å². The third kappa shape index (κ3) is 4.22. The number of carbonyl (C=O) groups is 1. The predicted molar refractivity (Wildman–Crippen MR) is 133 cm³/mol. The van der Waals surface area contributed by atoms with Crippen LogP contribution in [0.15, 0.2) is 18.2 Å². The predicted octanol–water partition coefficient (Wildman–Crippen LogP) is 4.20. The van der Waals surface area contributed by atoms with Crippen LogP contribution in [-0.2, 0) is 11.2 Å². The van der Waals surface area contributed by atoms with Crippen LogP contribution in [0.1, 0.15) is 69.6 Å². The Bertz CT molecular complexity index is 1250. The second kappa shape index (κ2) is 8.78. The lowest BCUT2D eigenvalue weighted by atomic mass is 9.86. The van der Waals surface area contributed by atoms with Crippen LogP contribution in [0.25, 0.3) is 22.9 Å². The number of aryl methyl sites for hydroxylation is 1. The molecule has 0 spiro atoms. The highest BCUT2D eigenvalue weighted by Gasteiger charge is 2.37. The van der Waals surface area contributed by atoms with Crippen LogP contribution in [0, 0.1) is 6.92 Å². The number of aromatic amines is 1. The number of carboxylic acid groups (broad SMARTS) is 1. The van der Waals surface area contributed by atoms with Crippen molar-refractivity contribution in [1.29, 1.82) is 0 Å². The minimum atomic E-state index is -0.839. The first kappa shape index (κ1) is 23.5. The van der Waals surface area contributed by atoms with Gasteiger partial charge < -0.3 is 14.8 Å². The van der Waals surface area contributed by atoms with Gasteiger partial charge >= 0.3 is 5.97 Å². The molecule has 2 aliphatic heterocycles. The first-order chi connectivity index (χ1) is 16.6. The number of nitrogens with one attached hydrogen (secondary N) is 1. The number of nitrogens with zero attached hydrogens (tertiary/aromatic N) is 5. The first-order valence-electron chi connectivity index (χ1n) is 12.4. The third-order valence-electron chi connectivity index (χ3n) is 7.37. The summed E-state index contributed by atoms with van der Waals surface area (Å²) in [4.78, 5) is 26.8. The average molecular weight is 479 g/mol. The van der Waals surface area contributed by atoms with Gasteiger partial charge in [0.25, 0.3) is 0 Å². The second-order valence-corrected chi connectivity index (χ2v) is 10.4. The molecule has 1 fully saturated rings. The molecule has 0 aliphatic carbocycles. The monoisotopic (exact) mass is 478 g/mol. The summed E-state index contributed by atoms with van der Waals surface area (Å²) >= 11 is 0. The highest BCUT2D eigenvalue weighted by atomic mass is 16.5. The standard InChI is InChI=1S/C26H34N6O3/c1-15(2)32-24(27-16(3)30-32)23-28-20-10-13-35-21-14-18(6-7-19(21)22(20)29-23)17-8-11-31(12-9-17)26(4,5)25(33)34/h6-7,14-15,17H,8-13H2,1-5H3,(H,28,29)(H,33,34). The van der Waals surface area contributed by atoms with Crippen molar-refractivity contribution in [3.8, 4) is 28.7 Å². The quantitative estimate of drug-likeness (QED) is 0.565. The number of imidazole rings is 1. The van der Waals surface area contributed by atoms with Gasteiger partial charge in [0.1, 0.15) is 17.1 Å². The van der Waals surface area contributed by atoms with Crippen LogP contribution in [0.3, 0.4) is 0 Å². The number of piperidine rings is 1. The van der Waals surface area contributed by atoms with Gasteiger partial charge in [-0.15, -0.1) is 0 Å². The van der Waals surface area contributed by atoms with Crippen molar-refractivity contribution in [2.24, 2.45) is 0 Å². The molecule has 4 heterocycles. The highest BCUT2D eigenvalue weighted by Crippen LogP contribution is 2.39. The van der Waals surface area contributed by atoms with E-state index in [0.717, 1.165) is 72.5 Å². The lowest BCUT2D eigenvalue weighted by Gasteiger charge is -2.40. The van der Waals surface area contributed by atoms with Crippen LogP contribution in [0.5, 0.6) is 5.75 Å². The van der Waals surface area contributed by atoms with Crippen LogP contribution >= 0.6 is 0 Å². The minimum absolute atomic E-state index is 0.182. The van der Waals surface area contributed by atoms with Crippen LogP contribution < -0.4 is 4.74 Å². The molecule has 2 aromatic heterocycles. The molecule has 0 radical (unpaired) electrons. The molecule has 0 bridgehead atoms. The zero-order valence-electron chi connectivity index (χ0n) is 21.1. The van der Waals surface area contributed by atoms with Crippen LogP contribution in [-0.4, -0.2) is 65.9 Å². The average Bonchev–Trinajstić information content (AvgIpc) is 3.38. The fraction of sp³-hybridized carbons (Fsp3) is 0.538. The Kier molecular flexibility index (Phi) is 5.91. The van der Waals surface area contributed by atoms with Gasteiger partial charge in [-0.05, 0) is 84.2 Å². The summed E-state index contributed by atoms with van der Waals surface area (Å²) in [5.74, 6) is 2.68. The Hall–Kier alpha value is -3.20. The van der Waals surface area contributed by atoms with E-state index in [0.29, 0.717) is 12.5 Å². The number of likely N-dealkylation sites (tertiary alicyclic amines) is 1. The normalized spacial score (nSPS) is 17.1. The molecule has 3 aromatic rings. The van der Waals surface area contributed by atoms with Gasteiger partial charge in [-0.1, -0.05) is 6.07 Å².